The number of nitrogens with zero attached hydrogens (tertiary/aromatic N) is 2. The summed E-state index contributed by atoms with van der Waals surface area (Å²) in [5, 5.41) is 8.80. The van der Waals surface area contributed by atoms with E-state index >= 15 is 0 Å². The maximum atomic E-state index is 11.9. The van der Waals surface area contributed by atoms with Crippen molar-refractivity contribution in [3.05, 3.63) is 55.8 Å². The lowest BCUT2D eigenvalue weighted by molar-refractivity contribution is 0.0697. The van der Waals surface area contributed by atoms with E-state index in [1.165, 1.54) is 12.1 Å². The molecule has 0 unspecified atom stereocenters. The summed E-state index contributed by atoms with van der Waals surface area (Å²) in [4.78, 5) is 26.8. The van der Waals surface area contributed by atoms with Crippen molar-refractivity contribution in [2.24, 2.45) is 0 Å². The van der Waals surface area contributed by atoms with Gasteiger partial charge >= 0.3 is 5.97 Å². The Kier molecular flexibility index (Phi) is 4.94. The van der Waals surface area contributed by atoms with Gasteiger partial charge in [-0.3, -0.25) is 9.36 Å². The fourth-order valence-corrected chi connectivity index (χ4v) is 2.19. The minimum Gasteiger partial charge on any atom is -0.492 e. The molecule has 21 heavy (non-hydrogen) atoms. The minimum atomic E-state index is -0.978. The molecule has 1 heterocycles. The van der Waals surface area contributed by atoms with Gasteiger partial charge < -0.3 is 9.84 Å². The number of benzene rings is 1. The number of aromatic nitrogens is 2. The second-order valence-corrected chi connectivity index (χ2v) is 5.45. The van der Waals surface area contributed by atoms with Crippen LogP contribution in [0.1, 0.15) is 16.2 Å². The highest BCUT2D eigenvalue weighted by atomic mass is 127. The molecule has 2 aromatic rings. The average molecular weight is 400 g/mol. The zero-order valence-electron chi connectivity index (χ0n) is 11.2. The van der Waals surface area contributed by atoms with Crippen molar-refractivity contribution in [2.75, 3.05) is 6.61 Å². The second-order valence-electron chi connectivity index (χ2n) is 4.29. The number of hydrogen-bond acceptors (Lipinski definition) is 4. The van der Waals surface area contributed by atoms with Crippen LogP contribution < -0.4 is 10.3 Å². The highest BCUT2D eigenvalue weighted by Gasteiger charge is 2.06. The number of halogens is 1. The molecule has 0 radical (unpaired) electrons. The van der Waals surface area contributed by atoms with E-state index in [0.29, 0.717) is 28.3 Å². The van der Waals surface area contributed by atoms with Crippen molar-refractivity contribution in [1.82, 2.24) is 9.55 Å². The van der Waals surface area contributed by atoms with E-state index in [1.807, 2.05) is 22.6 Å². The third kappa shape index (κ3) is 3.81. The molecule has 1 aromatic heterocycles. The Morgan fingerprint density at radius 1 is 1.38 bits per heavy atom. The summed E-state index contributed by atoms with van der Waals surface area (Å²) >= 11 is 1.95. The third-order valence-corrected chi connectivity index (χ3v) is 3.63. The number of carboxylic acids is 1. The Bertz CT molecular complexity index is 710. The standard InChI is InChI=1S/C14H13IN2O4/c1-9-16-8-12(15)13(18)17(9)6-7-21-11-4-2-10(3-5-11)14(19)20/h2-5,8H,6-7H2,1H3,(H,19,20). The van der Waals surface area contributed by atoms with Crippen LogP contribution in [0, 0.1) is 10.5 Å². The molecule has 1 aromatic carbocycles. The van der Waals surface area contributed by atoms with Gasteiger partial charge in [0.05, 0.1) is 15.7 Å². The zero-order chi connectivity index (χ0) is 15.4. The van der Waals surface area contributed by atoms with Crippen molar-refractivity contribution < 1.29 is 14.6 Å². The van der Waals surface area contributed by atoms with Gasteiger partial charge in [-0.15, -0.1) is 0 Å². The number of aryl methyl sites for hydroxylation is 1. The van der Waals surface area contributed by atoms with Crippen LogP contribution in [0.2, 0.25) is 0 Å². The first-order chi connectivity index (χ1) is 9.99. The van der Waals surface area contributed by atoms with Crippen LogP contribution >= 0.6 is 22.6 Å². The predicted octanol–water partition coefficient (Wildman–Crippen LogP) is 1.93. The van der Waals surface area contributed by atoms with E-state index in [9.17, 15) is 9.59 Å². The van der Waals surface area contributed by atoms with Crippen LogP contribution in [0.25, 0.3) is 0 Å². The van der Waals surface area contributed by atoms with Crippen LogP contribution in [0.5, 0.6) is 5.75 Å². The van der Waals surface area contributed by atoms with Gasteiger partial charge in [-0.2, -0.15) is 0 Å². The summed E-state index contributed by atoms with van der Waals surface area (Å²) in [5.41, 5.74) is 0.115. The van der Waals surface area contributed by atoms with Crippen LogP contribution in [0.15, 0.2) is 35.3 Å². The van der Waals surface area contributed by atoms with E-state index in [2.05, 4.69) is 4.98 Å². The van der Waals surface area contributed by atoms with Crippen LogP contribution in [0.4, 0.5) is 0 Å². The summed E-state index contributed by atoms with van der Waals surface area (Å²) in [6, 6.07) is 6.13. The molecule has 7 heteroatoms. The lowest BCUT2D eigenvalue weighted by Crippen LogP contribution is -2.27. The molecule has 1 N–H and O–H groups in total. The molecule has 0 fully saturated rings. The number of rotatable bonds is 5. The van der Waals surface area contributed by atoms with Gasteiger partial charge in [-0.1, -0.05) is 0 Å². The molecule has 0 aliphatic heterocycles. The Balaban J connectivity index is 2.00. The average Bonchev–Trinajstić information content (AvgIpc) is 2.47. The van der Waals surface area contributed by atoms with Crippen LogP contribution in [0.3, 0.4) is 0 Å². The van der Waals surface area contributed by atoms with Gasteiger partial charge in [0.15, 0.2) is 0 Å². The lowest BCUT2D eigenvalue weighted by Gasteiger charge is -2.10. The SMILES string of the molecule is Cc1ncc(I)c(=O)n1CCOc1ccc(C(=O)O)cc1. The number of carboxylic acid groups (broad SMARTS) is 1. The Morgan fingerprint density at radius 3 is 2.67 bits per heavy atom. The molecule has 0 atom stereocenters. The van der Waals surface area contributed by atoms with Gasteiger partial charge in [0, 0.05) is 6.20 Å². The van der Waals surface area contributed by atoms with Gasteiger partial charge in [-0.25, -0.2) is 9.78 Å². The number of hydrogen-bond donors (Lipinski definition) is 1. The second kappa shape index (κ2) is 6.70. The molecule has 0 amide bonds. The van der Waals surface area contributed by atoms with Crippen molar-refractivity contribution in [3.8, 4) is 5.75 Å². The number of ether oxygens (including phenoxy) is 1. The molecule has 2 rings (SSSR count). The van der Waals surface area contributed by atoms with Gasteiger partial charge in [-0.05, 0) is 53.8 Å². The van der Waals surface area contributed by atoms with E-state index in [1.54, 1.807) is 29.8 Å². The highest BCUT2D eigenvalue weighted by molar-refractivity contribution is 14.1. The first-order valence-electron chi connectivity index (χ1n) is 6.17. The van der Waals surface area contributed by atoms with Gasteiger partial charge in [0.25, 0.3) is 5.56 Å². The minimum absolute atomic E-state index is 0.0899. The van der Waals surface area contributed by atoms with E-state index in [0.717, 1.165) is 0 Å². The highest BCUT2D eigenvalue weighted by Crippen LogP contribution is 2.12. The summed E-state index contributed by atoms with van der Waals surface area (Å²) in [6.07, 6.45) is 1.54. The molecule has 6 nitrogen and oxygen atoms in total. The van der Waals surface area contributed by atoms with Crippen LogP contribution in [-0.4, -0.2) is 27.2 Å². The summed E-state index contributed by atoms with van der Waals surface area (Å²) < 4.78 is 7.62. The van der Waals surface area contributed by atoms with E-state index in [-0.39, 0.29) is 11.1 Å². The van der Waals surface area contributed by atoms with Crippen molar-refractivity contribution >= 4 is 28.6 Å². The molecule has 0 saturated heterocycles. The third-order valence-electron chi connectivity index (χ3n) is 2.89. The fourth-order valence-electron chi connectivity index (χ4n) is 1.76. The Hall–Kier alpha value is -1.90. The molecule has 0 saturated carbocycles. The summed E-state index contributed by atoms with van der Waals surface area (Å²) in [7, 11) is 0. The maximum Gasteiger partial charge on any atom is 0.335 e. The zero-order valence-corrected chi connectivity index (χ0v) is 13.4. The Labute approximate surface area is 134 Å². The molecule has 0 aliphatic rings. The monoisotopic (exact) mass is 400 g/mol. The molecular weight excluding hydrogens is 387 g/mol. The predicted molar refractivity (Wildman–Crippen MR) is 84.8 cm³/mol. The van der Waals surface area contributed by atoms with E-state index < -0.39 is 5.97 Å². The summed E-state index contributed by atoms with van der Waals surface area (Å²) in [6.45, 7) is 2.45. The topological polar surface area (TPSA) is 81.4 Å². The first-order valence-corrected chi connectivity index (χ1v) is 7.25. The fraction of sp³-hybridized carbons (Fsp3) is 0.214. The molecule has 110 valence electrons. The number of aromatic carboxylic acids is 1. The molecule has 0 bridgehead atoms. The first kappa shape index (κ1) is 15.5. The van der Waals surface area contributed by atoms with E-state index in [4.69, 9.17) is 9.84 Å². The summed E-state index contributed by atoms with van der Waals surface area (Å²) in [5.74, 6) is 0.211. The van der Waals surface area contributed by atoms with Gasteiger partial charge in [0.2, 0.25) is 0 Å². The van der Waals surface area contributed by atoms with Crippen LogP contribution in [-0.2, 0) is 6.54 Å². The Morgan fingerprint density at radius 2 is 2.05 bits per heavy atom. The quantitative estimate of drug-likeness (QED) is 0.776. The van der Waals surface area contributed by atoms with Crippen molar-refractivity contribution in [2.45, 2.75) is 13.5 Å². The van der Waals surface area contributed by atoms with Gasteiger partial charge in [0.1, 0.15) is 18.2 Å². The van der Waals surface area contributed by atoms with Crippen molar-refractivity contribution in [1.29, 1.82) is 0 Å². The lowest BCUT2D eigenvalue weighted by atomic mass is 10.2. The van der Waals surface area contributed by atoms with Crippen molar-refractivity contribution in [3.63, 3.8) is 0 Å². The number of carbonyl (C=O) groups is 1. The molecule has 0 aliphatic carbocycles. The normalized spacial score (nSPS) is 10.4. The molecular formula is C14H13IN2O4. The largest absolute Gasteiger partial charge is 0.492 e. The smallest absolute Gasteiger partial charge is 0.335 e. The molecule has 0 spiro atoms. The maximum absolute atomic E-state index is 11.9.